The highest BCUT2D eigenvalue weighted by molar-refractivity contribution is 6.34. The Morgan fingerprint density at radius 2 is 1.85 bits per heavy atom. The number of anilines is 1. The second-order valence-corrected chi connectivity index (χ2v) is 6.61. The number of fused-ring (bicyclic) bond motifs is 1. The molecule has 1 aromatic heterocycles. The van der Waals surface area contributed by atoms with Gasteiger partial charge in [0, 0.05) is 22.3 Å². The number of nitrogens with zero attached hydrogens (tertiary/aromatic N) is 1. The predicted molar refractivity (Wildman–Crippen MR) is 104 cm³/mol. The number of carbonyl (C=O) groups excluding carboxylic acids is 1. The molecule has 0 saturated carbocycles. The van der Waals surface area contributed by atoms with Gasteiger partial charge in [-0.25, -0.2) is 9.37 Å². The molecule has 0 unspecified atom stereocenters. The summed E-state index contributed by atoms with van der Waals surface area (Å²) < 4.78 is 19.7. The number of aromatic nitrogens is 1. The Bertz CT molecular complexity index is 1150. The first-order valence-corrected chi connectivity index (χ1v) is 8.69. The molecule has 27 heavy (non-hydrogen) atoms. The summed E-state index contributed by atoms with van der Waals surface area (Å²) >= 11 is 11.9. The molecule has 0 fully saturated rings. The van der Waals surface area contributed by atoms with Gasteiger partial charge in [0.15, 0.2) is 5.58 Å². The lowest BCUT2D eigenvalue weighted by atomic mass is 10.2. The number of halogens is 3. The average Bonchev–Trinajstić information content (AvgIpc) is 3.05. The number of oxazole rings is 1. The van der Waals surface area contributed by atoms with Gasteiger partial charge in [-0.1, -0.05) is 35.3 Å². The van der Waals surface area contributed by atoms with E-state index in [0.29, 0.717) is 27.7 Å². The molecule has 0 atom stereocenters. The molecule has 4 aromatic rings. The van der Waals surface area contributed by atoms with Gasteiger partial charge >= 0.3 is 0 Å². The largest absolute Gasteiger partial charge is 0.436 e. The fraction of sp³-hybridized carbons (Fsp3) is 0. The van der Waals surface area contributed by atoms with Crippen LogP contribution in [0.25, 0.3) is 22.6 Å². The van der Waals surface area contributed by atoms with Gasteiger partial charge in [-0.05, 0) is 42.5 Å². The Hall–Kier alpha value is -2.89. The Kier molecular flexibility index (Phi) is 4.56. The highest BCUT2D eigenvalue weighted by Gasteiger charge is 2.16. The maximum absolute atomic E-state index is 13.9. The molecule has 0 aliphatic carbocycles. The summed E-state index contributed by atoms with van der Waals surface area (Å²) in [6.07, 6.45) is 0. The van der Waals surface area contributed by atoms with Crippen molar-refractivity contribution in [1.82, 2.24) is 4.98 Å². The zero-order valence-electron chi connectivity index (χ0n) is 13.7. The summed E-state index contributed by atoms with van der Waals surface area (Å²) in [5.41, 5.74) is 2.05. The van der Waals surface area contributed by atoms with E-state index in [4.69, 9.17) is 27.6 Å². The third-order valence-electron chi connectivity index (χ3n) is 3.91. The van der Waals surface area contributed by atoms with Crippen molar-refractivity contribution in [2.45, 2.75) is 0 Å². The Morgan fingerprint density at radius 3 is 2.63 bits per heavy atom. The van der Waals surface area contributed by atoms with Crippen LogP contribution in [0.1, 0.15) is 10.4 Å². The van der Waals surface area contributed by atoms with Crippen LogP contribution in [0.4, 0.5) is 10.1 Å². The highest BCUT2D eigenvalue weighted by atomic mass is 35.5. The molecule has 1 amide bonds. The van der Waals surface area contributed by atoms with Gasteiger partial charge in [-0.15, -0.1) is 0 Å². The maximum Gasteiger partial charge on any atom is 0.260 e. The molecule has 0 aliphatic rings. The lowest BCUT2D eigenvalue weighted by Gasteiger charge is -2.07. The SMILES string of the molecule is O=C(Nc1ccc2nc(-c3cccc(Cl)c3)oc2c1)c1c(F)cccc1Cl. The molecule has 0 saturated heterocycles. The van der Waals surface area contributed by atoms with Crippen LogP contribution in [0.2, 0.25) is 10.0 Å². The normalized spacial score (nSPS) is 10.9. The van der Waals surface area contributed by atoms with Gasteiger partial charge in [0.2, 0.25) is 5.89 Å². The topological polar surface area (TPSA) is 55.1 Å². The van der Waals surface area contributed by atoms with E-state index in [1.165, 1.54) is 18.2 Å². The average molecular weight is 401 g/mol. The third kappa shape index (κ3) is 3.52. The molecule has 1 heterocycles. The van der Waals surface area contributed by atoms with Crippen LogP contribution in [0.5, 0.6) is 0 Å². The van der Waals surface area contributed by atoms with E-state index in [1.54, 1.807) is 36.4 Å². The van der Waals surface area contributed by atoms with Gasteiger partial charge in [0.1, 0.15) is 11.3 Å². The Balaban J connectivity index is 1.65. The second kappa shape index (κ2) is 7.02. The first-order chi connectivity index (χ1) is 13.0. The maximum atomic E-state index is 13.9. The van der Waals surface area contributed by atoms with Gasteiger partial charge in [-0.3, -0.25) is 4.79 Å². The van der Waals surface area contributed by atoms with Crippen molar-refractivity contribution in [2.75, 3.05) is 5.32 Å². The molecule has 3 aromatic carbocycles. The molecule has 4 nitrogen and oxygen atoms in total. The van der Waals surface area contributed by atoms with Crippen molar-refractivity contribution in [2.24, 2.45) is 0 Å². The van der Waals surface area contributed by atoms with Crippen LogP contribution in [-0.2, 0) is 0 Å². The molecule has 7 heteroatoms. The van der Waals surface area contributed by atoms with E-state index in [-0.39, 0.29) is 10.6 Å². The van der Waals surface area contributed by atoms with E-state index >= 15 is 0 Å². The van der Waals surface area contributed by atoms with E-state index in [9.17, 15) is 9.18 Å². The fourth-order valence-electron chi connectivity index (χ4n) is 2.66. The smallest absolute Gasteiger partial charge is 0.260 e. The summed E-state index contributed by atoms with van der Waals surface area (Å²) in [5, 5.41) is 3.23. The molecule has 1 N–H and O–H groups in total. The van der Waals surface area contributed by atoms with Crippen LogP contribution in [0.15, 0.2) is 65.1 Å². The zero-order valence-corrected chi connectivity index (χ0v) is 15.2. The van der Waals surface area contributed by atoms with Crippen LogP contribution in [0, 0.1) is 5.82 Å². The van der Waals surface area contributed by atoms with E-state index < -0.39 is 11.7 Å². The minimum atomic E-state index is -0.691. The number of hydrogen-bond acceptors (Lipinski definition) is 3. The summed E-state index contributed by atoms with van der Waals surface area (Å²) in [6, 6.07) is 16.2. The standard InChI is InChI=1S/C20H11Cl2FN2O2/c21-12-4-1-3-11(9-12)20-25-16-8-7-13(10-17(16)27-20)24-19(26)18-14(22)5-2-6-15(18)23/h1-10H,(H,24,26). The number of benzene rings is 3. The molecular weight excluding hydrogens is 390 g/mol. The minimum absolute atomic E-state index is 0.0384. The number of carbonyl (C=O) groups is 1. The van der Waals surface area contributed by atoms with Crippen molar-refractivity contribution in [3.05, 3.63) is 82.1 Å². The number of rotatable bonds is 3. The summed E-state index contributed by atoms with van der Waals surface area (Å²) in [5.74, 6) is -0.927. The number of hydrogen-bond donors (Lipinski definition) is 1. The first-order valence-electron chi connectivity index (χ1n) is 7.93. The minimum Gasteiger partial charge on any atom is -0.436 e. The first kappa shape index (κ1) is 17.5. The number of nitrogens with one attached hydrogen (secondary N) is 1. The van der Waals surface area contributed by atoms with Gasteiger partial charge in [0.25, 0.3) is 5.91 Å². The summed E-state index contributed by atoms with van der Waals surface area (Å²) in [6.45, 7) is 0. The lowest BCUT2D eigenvalue weighted by Crippen LogP contribution is -2.14. The zero-order chi connectivity index (χ0) is 19.0. The van der Waals surface area contributed by atoms with Crippen LogP contribution >= 0.6 is 23.2 Å². The molecule has 0 spiro atoms. The van der Waals surface area contributed by atoms with Crippen molar-refractivity contribution in [3.63, 3.8) is 0 Å². The van der Waals surface area contributed by atoms with Crippen LogP contribution < -0.4 is 5.32 Å². The fourth-order valence-corrected chi connectivity index (χ4v) is 3.09. The van der Waals surface area contributed by atoms with Gasteiger partial charge in [0.05, 0.1) is 10.6 Å². The van der Waals surface area contributed by atoms with Crippen LogP contribution in [-0.4, -0.2) is 10.9 Å². The quantitative estimate of drug-likeness (QED) is 0.445. The summed E-state index contributed by atoms with van der Waals surface area (Å²) in [4.78, 5) is 16.8. The second-order valence-electron chi connectivity index (χ2n) is 5.76. The Labute approximate surface area is 163 Å². The third-order valence-corrected chi connectivity index (χ3v) is 4.46. The van der Waals surface area contributed by atoms with Crippen molar-refractivity contribution in [3.8, 4) is 11.5 Å². The van der Waals surface area contributed by atoms with E-state index in [1.807, 2.05) is 6.07 Å². The van der Waals surface area contributed by atoms with Crippen molar-refractivity contribution in [1.29, 1.82) is 0 Å². The van der Waals surface area contributed by atoms with E-state index in [0.717, 1.165) is 5.56 Å². The molecular formula is C20H11Cl2FN2O2. The molecule has 0 radical (unpaired) electrons. The van der Waals surface area contributed by atoms with Crippen molar-refractivity contribution >= 4 is 45.9 Å². The molecule has 0 bridgehead atoms. The van der Waals surface area contributed by atoms with Crippen LogP contribution in [0.3, 0.4) is 0 Å². The van der Waals surface area contributed by atoms with Crippen molar-refractivity contribution < 1.29 is 13.6 Å². The molecule has 134 valence electrons. The highest BCUT2D eigenvalue weighted by Crippen LogP contribution is 2.28. The van der Waals surface area contributed by atoms with Gasteiger partial charge in [-0.2, -0.15) is 0 Å². The molecule has 4 rings (SSSR count). The predicted octanol–water partition coefficient (Wildman–Crippen LogP) is 6.19. The summed E-state index contributed by atoms with van der Waals surface area (Å²) in [7, 11) is 0. The lowest BCUT2D eigenvalue weighted by molar-refractivity contribution is 0.102. The Morgan fingerprint density at radius 1 is 1.04 bits per heavy atom. The van der Waals surface area contributed by atoms with Gasteiger partial charge < -0.3 is 9.73 Å². The van der Waals surface area contributed by atoms with E-state index in [2.05, 4.69) is 10.3 Å². The number of amides is 1. The molecule has 0 aliphatic heterocycles. The monoisotopic (exact) mass is 400 g/mol.